The molecule has 0 spiro atoms. The molecule has 1 aliphatic rings. The van der Waals surface area contributed by atoms with Gasteiger partial charge >= 0.3 is 6.18 Å². The molecule has 41 heavy (non-hydrogen) atoms. The van der Waals surface area contributed by atoms with Gasteiger partial charge in [0.15, 0.2) is 5.69 Å². The van der Waals surface area contributed by atoms with Crippen LogP contribution >= 0.6 is 0 Å². The van der Waals surface area contributed by atoms with E-state index in [1.54, 1.807) is 12.3 Å². The third-order valence-corrected chi connectivity index (χ3v) is 7.30. The monoisotopic (exact) mass is 568 g/mol. The number of benzene rings is 2. The van der Waals surface area contributed by atoms with Gasteiger partial charge in [0, 0.05) is 29.1 Å². The first-order valence-electron chi connectivity index (χ1n) is 13.5. The molecule has 5 nitrogen and oxygen atoms in total. The number of amides is 1. The first kappa shape index (κ1) is 28.4. The van der Waals surface area contributed by atoms with Gasteiger partial charge < -0.3 is 5.32 Å². The number of hydrogen-bond acceptors (Lipinski definition) is 3. The number of halogens is 5. The smallest absolute Gasteiger partial charge is 0.346 e. The van der Waals surface area contributed by atoms with E-state index < -0.39 is 42.0 Å². The fraction of sp³-hybridized carbons (Fsp3) is 0.323. The maximum atomic E-state index is 13.9. The molecule has 0 radical (unpaired) electrons. The number of hydrogen-bond donors (Lipinski definition) is 1. The third-order valence-electron chi connectivity index (χ3n) is 7.30. The zero-order valence-electron chi connectivity index (χ0n) is 22.4. The quantitative estimate of drug-likeness (QED) is 0.235. The molecule has 0 bridgehead atoms. The van der Waals surface area contributed by atoms with Crippen LogP contribution in [-0.2, 0) is 36.8 Å². The van der Waals surface area contributed by atoms with Crippen LogP contribution in [0, 0.1) is 18.6 Å². The standard InChI is InChI=1S/C31H29F5N4O/c1-19-6-4-7-21(14-19)24-9-5-13-37-29(24)26(12-11-20-15-22(32)17-23(33)16-20)38-28(41)18-40-27-10-3-2-8-25(27)30(39-40)31(34,35)36/h4-7,9,13-17,26H,2-3,8,10-12,18H2,1H3,(H,38,41)/t26-/m0/s1. The van der Waals surface area contributed by atoms with Gasteiger partial charge in [-0.1, -0.05) is 35.9 Å². The van der Waals surface area contributed by atoms with E-state index in [2.05, 4.69) is 15.4 Å². The molecular weight excluding hydrogens is 539 g/mol. The first-order chi connectivity index (χ1) is 19.6. The maximum absolute atomic E-state index is 13.9. The maximum Gasteiger partial charge on any atom is 0.435 e. The highest BCUT2D eigenvalue weighted by atomic mass is 19.4. The summed E-state index contributed by atoms with van der Waals surface area (Å²) in [4.78, 5) is 17.9. The number of nitrogens with zero attached hydrogens (tertiary/aromatic N) is 3. The summed E-state index contributed by atoms with van der Waals surface area (Å²) in [5.74, 6) is -1.95. The van der Waals surface area contributed by atoms with E-state index in [0.717, 1.165) is 33.9 Å². The predicted molar refractivity (Wildman–Crippen MR) is 144 cm³/mol. The second kappa shape index (κ2) is 11.8. The molecule has 1 N–H and O–H groups in total. The van der Waals surface area contributed by atoms with Crippen LogP contribution < -0.4 is 5.32 Å². The SMILES string of the molecule is Cc1cccc(-c2cccnc2[C@H](CCc2cc(F)cc(F)c2)NC(=O)Cn2nc(C(F)(F)F)c3c2CCCC3)c1. The minimum absolute atomic E-state index is 0.160. The summed E-state index contributed by atoms with van der Waals surface area (Å²) in [6, 6.07) is 14.0. The van der Waals surface area contributed by atoms with Crippen molar-refractivity contribution in [1.29, 1.82) is 0 Å². The number of pyridine rings is 1. The molecule has 0 aliphatic heterocycles. The van der Waals surface area contributed by atoms with E-state index in [0.29, 0.717) is 29.8 Å². The van der Waals surface area contributed by atoms with Crippen LogP contribution in [-0.4, -0.2) is 20.7 Å². The molecule has 0 fully saturated rings. The Morgan fingerprint density at radius 3 is 2.51 bits per heavy atom. The zero-order valence-corrected chi connectivity index (χ0v) is 22.4. The summed E-state index contributed by atoms with van der Waals surface area (Å²) < 4.78 is 69.9. The summed E-state index contributed by atoms with van der Waals surface area (Å²) in [5, 5.41) is 6.73. The van der Waals surface area contributed by atoms with Crippen LogP contribution in [0.25, 0.3) is 11.1 Å². The normalized spacial score (nSPS) is 14.0. The van der Waals surface area contributed by atoms with Crippen LogP contribution in [0.1, 0.15) is 59.1 Å². The van der Waals surface area contributed by atoms with Crippen molar-refractivity contribution in [2.45, 2.75) is 64.2 Å². The zero-order chi connectivity index (χ0) is 29.1. The lowest BCUT2D eigenvalue weighted by atomic mass is 9.95. The van der Waals surface area contributed by atoms with Gasteiger partial charge in [0.1, 0.15) is 18.2 Å². The van der Waals surface area contributed by atoms with Gasteiger partial charge in [0.25, 0.3) is 0 Å². The molecule has 0 saturated heterocycles. The van der Waals surface area contributed by atoms with Crippen molar-refractivity contribution in [2.75, 3.05) is 0 Å². The minimum atomic E-state index is -4.61. The van der Waals surface area contributed by atoms with Crippen molar-refractivity contribution in [3.05, 3.63) is 106 Å². The summed E-state index contributed by atoms with van der Waals surface area (Å²) >= 11 is 0. The van der Waals surface area contributed by atoms with Crippen LogP contribution in [0.3, 0.4) is 0 Å². The molecule has 1 amide bonds. The van der Waals surface area contributed by atoms with Gasteiger partial charge in [-0.3, -0.25) is 14.5 Å². The molecule has 2 heterocycles. The molecule has 5 rings (SSSR count). The number of fused-ring (bicyclic) bond motifs is 1. The predicted octanol–water partition coefficient (Wildman–Crippen LogP) is 6.92. The van der Waals surface area contributed by atoms with Gasteiger partial charge in [-0.15, -0.1) is 0 Å². The molecule has 1 aliphatic carbocycles. The van der Waals surface area contributed by atoms with E-state index in [-0.39, 0.29) is 24.8 Å². The highest BCUT2D eigenvalue weighted by Gasteiger charge is 2.39. The molecule has 4 aromatic rings. The summed E-state index contributed by atoms with van der Waals surface area (Å²) in [6.07, 6.45) is -0.507. The number of carbonyl (C=O) groups is 1. The molecule has 1 atom stereocenters. The van der Waals surface area contributed by atoms with Gasteiger partial charge in [-0.05, 0) is 74.8 Å². The number of aromatic nitrogens is 3. The molecule has 2 aromatic heterocycles. The van der Waals surface area contributed by atoms with Crippen LogP contribution in [0.4, 0.5) is 22.0 Å². The van der Waals surface area contributed by atoms with E-state index in [1.165, 1.54) is 12.1 Å². The van der Waals surface area contributed by atoms with E-state index in [9.17, 15) is 26.7 Å². The average Bonchev–Trinajstić information content (AvgIpc) is 3.29. The number of aryl methyl sites for hydroxylation is 2. The lowest BCUT2D eigenvalue weighted by molar-refractivity contribution is -0.142. The second-order valence-electron chi connectivity index (χ2n) is 10.4. The Hall–Kier alpha value is -4.08. The van der Waals surface area contributed by atoms with Gasteiger partial charge in [0.2, 0.25) is 5.91 Å². The van der Waals surface area contributed by atoms with Crippen molar-refractivity contribution in [2.24, 2.45) is 0 Å². The fourth-order valence-electron chi connectivity index (χ4n) is 5.50. The third kappa shape index (κ3) is 6.64. The lowest BCUT2D eigenvalue weighted by Gasteiger charge is -2.22. The lowest BCUT2D eigenvalue weighted by Crippen LogP contribution is -2.33. The second-order valence-corrected chi connectivity index (χ2v) is 10.4. The number of rotatable bonds is 8. The summed E-state index contributed by atoms with van der Waals surface area (Å²) in [7, 11) is 0. The average molecular weight is 569 g/mol. The summed E-state index contributed by atoms with van der Waals surface area (Å²) in [5.41, 5.74) is 3.28. The van der Waals surface area contributed by atoms with Crippen LogP contribution in [0.2, 0.25) is 0 Å². The van der Waals surface area contributed by atoms with Crippen molar-refractivity contribution < 1.29 is 26.7 Å². The molecule has 0 unspecified atom stereocenters. The Morgan fingerprint density at radius 1 is 1.02 bits per heavy atom. The minimum Gasteiger partial charge on any atom is -0.346 e. The van der Waals surface area contributed by atoms with E-state index in [1.807, 2.05) is 37.3 Å². The molecule has 0 saturated carbocycles. The van der Waals surface area contributed by atoms with Gasteiger partial charge in [0.05, 0.1) is 11.7 Å². The van der Waals surface area contributed by atoms with E-state index >= 15 is 0 Å². The highest BCUT2D eigenvalue weighted by molar-refractivity contribution is 5.77. The Kier molecular flexibility index (Phi) is 8.19. The summed E-state index contributed by atoms with van der Waals surface area (Å²) in [6.45, 7) is 1.56. The van der Waals surface area contributed by atoms with Crippen molar-refractivity contribution in [3.8, 4) is 11.1 Å². The van der Waals surface area contributed by atoms with Gasteiger partial charge in [-0.2, -0.15) is 18.3 Å². The Balaban J connectivity index is 1.46. The van der Waals surface area contributed by atoms with Crippen molar-refractivity contribution in [3.63, 3.8) is 0 Å². The Morgan fingerprint density at radius 2 is 1.78 bits per heavy atom. The van der Waals surface area contributed by atoms with Crippen LogP contribution in [0.5, 0.6) is 0 Å². The highest BCUT2D eigenvalue weighted by Crippen LogP contribution is 2.36. The van der Waals surface area contributed by atoms with Crippen LogP contribution in [0.15, 0.2) is 60.8 Å². The topological polar surface area (TPSA) is 59.8 Å². The van der Waals surface area contributed by atoms with Crippen molar-refractivity contribution >= 4 is 5.91 Å². The van der Waals surface area contributed by atoms with E-state index in [4.69, 9.17) is 0 Å². The van der Waals surface area contributed by atoms with Crippen molar-refractivity contribution in [1.82, 2.24) is 20.1 Å². The molecule has 2 aromatic carbocycles. The first-order valence-corrected chi connectivity index (χ1v) is 13.5. The largest absolute Gasteiger partial charge is 0.435 e. The molecular formula is C31H29F5N4O. The van der Waals surface area contributed by atoms with Gasteiger partial charge in [-0.25, -0.2) is 8.78 Å². The molecule has 10 heteroatoms. The molecule has 214 valence electrons. The Bertz CT molecular complexity index is 1540. The Labute approximate surface area is 234 Å². The number of alkyl halides is 3. The number of carbonyl (C=O) groups excluding carboxylic acids is 1. The number of nitrogens with one attached hydrogen (secondary N) is 1. The fourth-order valence-corrected chi connectivity index (χ4v) is 5.50.